The molecule has 0 fully saturated rings. The zero-order valence-electron chi connectivity index (χ0n) is 12.5. The van der Waals surface area contributed by atoms with Crippen molar-refractivity contribution in [3.63, 3.8) is 0 Å². The van der Waals surface area contributed by atoms with Gasteiger partial charge < -0.3 is 5.32 Å². The minimum Gasteiger partial charge on any atom is -0.346 e. The molecule has 1 amide bonds. The summed E-state index contributed by atoms with van der Waals surface area (Å²) in [6.45, 7) is 1.63. The van der Waals surface area contributed by atoms with Gasteiger partial charge in [-0.1, -0.05) is 12.1 Å². The van der Waals surface area contributed by atoms with Crippen molar-refractivity contribution in [3.05, 3.63) is 75.3 Å². The van der Waals surface area contributed by atoms with Gasteiger partial charge in [0.15, 0.2) is 0 Å². The highest BCUT2D eigenvalue weighted by Gasteiger charge is 2.30. The summed E-state index contributed by atoms with van der Waals surface area (Å²) in [5.74, 6) is -0.475. The molecule has 0 radical (unpaired) electrons. The number of nitrogens with one attached hydrogen (secondary N) is 1. The average Bonchev–Trinajstić information content (AvgIpc) is 2.54. The van der Waals surface area contributed by atoms with Gasteiger partial charge in [-0.3, -0.25) is 14.9 Å². The van der Waals surface area contributed by atoms with Crippen molar-refractivity contribution in [2.75, 3.05) is 0 Å². The van der Waals surface area contributed by atoms with Gasteiger partial charge in [0.2, 0.25) is 0 Å². The molecule has 5 nitrogen and oxygen atoms in total. The second kappa shape index (κ2) is 6.69. The van der Waals surface area contributed by atoms with E-state index in [0.717, 1.165) is 12.1 Å². The van der Waals surface area contributed by atoms with Gasteiger partial charge in [-0.2, -0.15) is 13.2 Å². The summed E-state index contributed by atoms with van der Waals surface area (Å²) in [5, 5.41) is 13.2. The highest BCUT2D eigenvalue weighted by atomic mass is 19.4. The topological polar surface area (TPSA) is 72.2 Å². The van der Waals surface area contributed by atoms with Crippen LogP contribution >= 0.6 is 0 Å². The van der Waals surface area contributed by atoms with Crippen LogP contribution in [-0.4, -0.2) is 10.8 Å². The number of non-ortho nitro benzene ring substituents is 1. The summed E-state index contributed by atoms with van der Waals surface area (Å²) in [6, 6.07) is 9.01. The van der Waals surface area contributed by atoms with Gasteiger partial charge in [0.05, 0.1) is 16.5 Å². The maximum Gasteiger partial charge on any atom is 0.416 e. The Morgan fingerprint density at radius 1 is 1.08 bits per heavy atom. The van der Waals surface area contributed by atoms with E-state index >= 15 is 0 Å². The molecule has 2 aromatic rings. The zero-order chi connectivity index (χ0) is 17.9. The lowest BCUT2D eigenvalue weighted by Crippen LogP contribution is -2.26. The van der Waals surface area contributed by atoms with Crippen LogP contribution in [-0.2, 0) is 6.18 Å². The predicted molar refractivity (Wildman–Crippen MR) is 80.4 cm³/mol. The van der Waals surface area contributed by atoms with Crippen molar-refractivity contribution in [1.29, 1.82) is 0 Å². The third kappa shape index (κ3) is 4.09. The van der Waals surface area contributed by atoms with Gasteiger partial charge in [0.25, 0.3) is 11.6 Å². The first-order chi connectivity index (χ1) is 11.2. The number of alkyl halides is 3. The Bertz CT molecular complexity index is 741. The van der Waals surface area contributed by atoms with Crippen LogP contribution in [0, 0.1) is 10.1 Å². The van der Waals surface area contributed by atoms with Crippen LogP contribution in [0.15, 0.2) is 48.5 Å². The molecule has 0 spiro atoms. The molecule has 0 aromatic heterocycles. The van der Waals surface area contributed by atoms with Crippen LogP contribution in [0.25, 0.3) is 0 Å². The lowest BCUT2D eigenvalue weighted by molar-refractivity contribution is -0.384. The summed E-state index contributed by atoms with van der Waals surface area (Å²) in [5.41, 5.74) is -0.167. The lowest BCUT2D eigenvalue weighted by Gasteiger charge is -2.15. The highest BCUT2D eigenvalue weighted by molar-refractivity contribution is 5.94. The summed E-state index contributed by atoms with van der Waals surface area (Å²) in [6.07, 6.45) is -4.41. The number of rotatable bonds is 4. The summed E-state index contributed by atoms with van der Waals surface area (Å²) in [7, 11) is 0. The third-order valence-corrected chi connectivity index (χ3v) is 3.43. The number of benzene rings is 2. The molecular weight excluding hydrogens is 325 g/mol. The smallest absolute Gasteiger partial charge is 0.346 e. The molecule has 1 atom stereocenters. The molecule has 2 aromatic carbocycles. The number of carbonyl (C=O) groups excluding carboxylic acids is 1. The van der Waals surface area contributed by atoms with Gasteiger partial charge in [0.1, 0.15) is 0 Å². The van der Waals surface area contributed by atoms with E-state index in [9.17, 15) is 28.1 Å². The second-order valence-corrected chi connectivity index (χ2v) is 5.12. The number of nitro groups is 1. The van der Waals surface area contributed by atoms with Crippen LogP contribution in [0.5, 0.6) is 0 Å². The molecule has 0 aliphatic carbocycles. The minimum absolute atomic E-state index is 0.137. The molecular formula is C16H13F3N2O3. The molecule has 0 saturated carbocycles. The molecule has 126 valence electrons. The molecule has 0 bridgehead atoms. The van der Waals surface area contributed by atoms with Crippen molar-refractivity contribution in [3.8, 4) is 0 Å². The highest BCUT2D eigenvalue weighted by Crippen LogP contribution is 2.29. The Morgan fingerprint density at radius 3 is 2.08 bits per heavy atom. The number of carbonyl (C=O) groups is 1. The maximum atomic E-state index is 12.5. The summed E-state index contributed by atoms with van der Waals surface area (Å²) < 4.78 is 37.6. The van der Waals surface area contributed by atoms with E-state index < -0.39 is 28.6 Å². The maximum absolute atomic E-state index is 12.5. The number of halogens is 3. The molecule has 1 N–H and O–H groups in total. The number of nitrogens with zero attached hydrogens (tertiary/aromatic N) is 1. The van der Waals surface area contributed by atoms with Gasteiger partial charge in [-0.05, 0) is 36.8 Å². The quantitative estimate of drug-likeness (QED) is 0.674. The Labute approximate surface area is 135 Å². The molecule has 1 unspecified atom stereocenters. The van der Waals surface area contributed by atoms with Crippen molar-refractivity contribution < 1.29 is 22.9 Å². The van der Waals surface area contributed by atoms with Gasteiger partial charge >= 0.3 is 6.18 Å². The third-order valence-electron chi connectivity index (χ3n) is 3.43. The molecule has 0 saturated heterocycles. The monoisotopic (exact) mass is 338 g/mol. The standard InChI is InChI=1S/C16H13F3N2O3/c1-10(11-2-6-13(7-3-11)16(17,18)19)20-15(22)12-4-8-14(9-5-12)21(23)24/h2-10H,1H3,(H,20,22). The number of hydrogen-bond acceptors (Lipinski definition) is 3. The zero-order valence-corrected chi connectivity index (χ0v) is 12.5. The van der Waals surface area contributed by atoms with E-state index in [4.69, 9.17) is 0 Å². The van der Waals surface area contributed by atoms with E-state index in [1.54, 1.807) is 6.92 Å². The van der Waals surface area contributed by atoms with Crippen LogP contribution < -0.4 is 5.32 Å². The first-order valence-corrected chi connectivity index (χ1v) is 6.91. The Kier molecular flexibility index (Phi) is 4.87. The fraction of sp³-hybridized carbons (Fsp3) is 0.188. The SMILES string of the molecule is CC(NC(=O)c1ccc([N+](=O)[O-])cc1)c1ccc(C(F)(F)F)cc1. The fourth-order valence-corrected chi connectivity index (χ4v) is 2.06. The van der Waals surface area contributed by atoms with E-state index in [-0.39, 0.29) is 11.3 Å². The van der Waals surface area contributed by atoms with Crippen LogP contribution in [0.4, 0.5) is 18.9 Å². The van der Waals surface area contributed by atoms with E-state index in [1.165, 1.54) is 36.4 Å². The van der Waals surface area contributed by atoms with Gasteiger partial charge in [0, 0.05) is 17.7 Å². The fourth-order valence-electron chi connectivity index (χ4n) is 2.06. The van der Waals surface area contributed by atoms with Crippen molar-refractivity contribution >= 4 is 11.6 Å². The Balaban J connectivity index is 2.07. The summed E-state index contributed by atoms with van der Waals surface area (Å²) >= 11 is 0. The molecule has 0 heterocycles. The molecule has 8 heteroatoms. The number of nitro benzene ring substituents is 1. The molecule has 2 rings (SSSR count). The van der Waals surface area contributed by atoms with E-state index in [0.29, 0.717) is 5.56 Å². The van der Waals surface area contributed by atoms with Crippen molar-refractivity contribution in [1.82, 2.24) is 5.32 Å². The lowest BCUT2D eigenvalue weighted by atomic mass is 10.1. The largest absolute Gasteiger partial charge is 0.416 e. The number of amides is 1. The minimum atomic E-state index is -4.41. The van der Waals surface area contributed by atoms with Crippen molar-refractivity contribution in [2.24, 2.45) is 0 Å². The predicted octanol–water partition coefficient (Wildman–Crippen LogP) is 4.10. The molecule has 0 aliphatic rings. The summed E-state index contributed by atoms with van der Waals surface area (Å²) in [4.78, 5) is 22.1. The molecule has 24 heavy (non-hydrogen) atoms. The number of hydrogen-bond donors (Lipinski definition) is 1. The van der Waals surface area contributed by atoms with Crippen molar-refractivity contribution in [2.45, 2.75) is 19.1 Å². The second-order valence-electron chi connectivity index (χ2n) is 5.12. The Morgan fingerprint density at radius 2 is 1.62 bits per heavy atom. The van der Waals surface area contributed by atoms with Crippen LogP contribution in [0.2, 0.25) is 0 Å². The van der Waals surface area contributed by atoms with E-state index in [1.807, 2.05) is 0 Å². The first kappa shape index (κ1) is 17.5. The van der Waals surface area contributed by atoms with Crippen LogP contribution in [0.1, 0.15) is 34.5 Å². The Hall–Kier alpha value is -2.90. The first-order valence-electron chi connectivity index (χ1n) is 6.91. The van der Waals surface area contributed by atoms with E-state index in [2.05, 4.69) is 5.32 Å². The van der Waals surface area contributed by atoms with Crippen LogP contribution in [0.3, 0.4) is 0 Å². The normalized spacial score (nSPS) is 12.5. The van der Waals surface area contributed by atoms with Gasteiger partial charge in [-0.15, -0.1) is 0 Å². The average molecular weight is 338 g/mol. The van der Waals surface area contributed by atoms with Gasteiger partial charge in [-0.25, -0.2) is 0 Å². The molecule has 0 aliphatic heterocycles.